The molecule has 5 heteroatoms. The van der Waals surface area contributed by atoms with E-state index in [0.717, 1.165) is 60.5 Å². The average molecular weight is 567 g/mol. The smallest absolute Gasteiger partial charge is 0.142 e. The highest BCUT2D eigenvalue weighted by Gasteiger charge is 2.07. The van der Waals surface area contributed by atoms with Crippen molar-refractivity contribution in [2.45, 2.75) is 32.6 Å². The Morgan fingerprint density at radius 2 is 1.17 bits per heavy atom. The first kappa shape index (κ1) is 32.0. The van der Waals surface area contributed by atoms with Gasteiger partial charge in [-0.3, -0.25) is 4.79 Å². The lowest BCUT2D eigenvalue weighted by Crippen LogP contribution is -1.97. The van der Waals surface area contributed by atoms with Gasteiger partial charge in [-0.2, -0.15) is 0 Å². The summed E-state index contributed by atoms with van der Waals surface area (Å²) in [5, 5.41) is 0. The number of carbonyl (C=O) groups excluding carboxylic acids is 1. The largest absolute Gasteiger partial charge is 0.494 e. The average Bonchev–Trinajstić information content (AvgIpc) is 3.01. The Balaban J connectivity index is 0.00000114. The van der Waals surface area contributed by atoms with Crippen LogP contribution in [0.25, 0.3) is 22.3 Å². The van der Waals surface area contributed by atoms with Gasteiger partial charge in [0, 0.05) is 19.3 Å². The minimum atomic E-state index is -0.640. The van der Waals surface area contributed by atoms with Gasteiger partial charge in [-0.1, -0.05) is 73.4 Å². The van der Waals surface area contributed by atoms with Gasteiger partial charge in [0.15, 0.2) is 0 Å². The second kappa shape index (κ2) is 17.3. The predicted octanol–water partition coefficient (Wildman–Crippen LogP) is 8.96. The van der Waals surface area contributed by atoms with Crippen LogP contribution in [0.2, 0.25) is 0 Å². The van der Waals surface area contributed by atoms with E-state index in [4.69, 9.17) is 14.3 Å². The maximum Gasteiger partial charge on any atom is 0.142 e. The summed E-state index contributed by atoms with van der Waals surface area (Å²) < 4.78 is 39.0. The van der Waals surface area contributed by atoms with Crippen LogP contribution in [0, 0.1) is 30.4 Å². The van der Waals surface area contributed by atoms with Gasteiger partial charge in [-0.25, -0.2) is 8.78 Å². The number of aldehydes is 1. The van der Waals surface area contributed by atoms with Gasteiger partial charge in [0.05, 0.1) is 12.2 Å². The molecule has 0 aromatic heterocycles. The van der Waals surface area contributed by atoms with Crippen LogP contribution in [0.15, 0.2) is 97.6 Å². The third-order valence-electron chi connectivity index (χ3n) is 6.42. The maximum atomic E-state index is 14.0. The number of hydrogen-bond acceptors (Lipinski definition) is 3. The van der Waals surface area contributed by atoms with Crippen LogP contribution in [-0.2, 0) is 9.53 Å². The molecule has 0 unspecified atom stereocenters. The van der Waals surface area contributed by atoms with Crippen molar-refractivity contribution in [2.24, 2.45) is 0 Å². The third kappa shape index (κ3) is 10.1. The van der Waals surface area contributed by atoms with Gasteiger partial charge in [-0.05, 0) is 96.5 Å². The van der Waals surface area contributed by atoms with E-state index < -0.39 is 11.6 Å². The molecule has 4 aromatic carbocycles. The molecule has 3 nitrogen and oxygen atoms in total. The number of unbranched alkanes of at least 4 members (excludes halogenated alkanes) is 3. The van der Waals surface area contributed by atoms with E-state index in [2.05, 4.69) is 54.8 Å². The van der Waals surface area contributed by atoms with Crippen LogP contribution in [0.3, 0.4) is 0 Å². The number of benzene rings is 4. The molecule has 42 heavy (non-hydrogen) atoms. The molecule has 4 rings (SSSR count). The first-order chi connectivity index (χ1) is 20.4. The number of carbonyl (C=O) groups is 1. The highest BCUT2D eigenvalue weighted by molar-refractivity contribution is 5.71. The van der Waals surface area contributed by atoms with Crippen LogP contribution >= 0.6 is 0 Å². The summed E-state index contributed by atoms with van der Waals surface area (Å²) in [7, 11) is 1.74. The number of aryl methyl sites for hydroxylation is 1. The van der Waals surface area contributed by atoms with Gasteiger partial charge in [-0.15, -0.1) is 0 Å². The zero-order valence-electron chi connectivity index (χ0n) is 24.2. The molecular formula is C37H36F2O3. The fraction of sp³-hybridized carbons (Fsp3) is 0.216. The van der Waals surface area contributed by atoms with Crippen molar-refractivity contribution in [3.8, 4) is 39.8 Å². The van der Waals surface area contributed by atoms with Crippen molar-refractivity contribution < 1.29 is 23.0 Å². The molecule has 0 amide bonds. The molecule has 0 aliphatic rings. The molecule has 0 spiro atoms. The van der Waals surface area contributed by atoms with Crippen molar-refractivity contribution in [3.05, 3.63) is 126 Å². The zero-order chi connectivity index (χ0) is 30.2. The van der Waals surface area contributed by atoms with Crippen molar-refractivity contribution in [2.75, 3.05) is 20.3 Å². The molecule has 0 N–H and O–H groups in total. The van der Waals surface area contributed by atoms with E-state index in [9.17, 15) is 8.78 Å². The van der Waals surface area contributed by atoms with E-state index in [1.54, 1.807) is 14.0 Å². The third-order valence-corrected chi connectivity index (χ3v) is 6.42. The number of methoxy groups -OCH3 is 1. The molecule has 4 aromatic rings. The van der Waals surface area contributed by atoms with Crippen molar-refractivity contribution in [3.63, 3.8) is 0 Å². The predicted molar refractivity (Wildman–Crippen MR) is 166 cm³/mol. The van der Waals surface area contributed by atoms with Crippen molar-refractivity contribution in [1.29, 1.82) is 0 Å². The van der Waals surface area contributed by atoms with E-state index in [1.807, 2.05) is 36.4 Å². The number of rotatable bonds is 11. The topological polar surface area (TPSA) is 35.5 Å². The minimum Gasteiger partial charge on any atom is -0.494 e. The zero-order valence-corrected chi connectivity index (χ0v) is 24.2. The molecule has 0 fully saturated rings. The Kier molecular flexibility index (Phi) is 13.2. The molecule has 0 aliphatic heterocycles. The normalized spacial score (nSPS) is 10.1. The molecular weight excluding hydrogens is 530 g/mol. The number of hydrogen-bond donors (Lipinski definition) is 0. The fourth-order valence-corrected chi connectivity index (χ4v) is 4.19. The monoisotopic (exact) mass is 566 g/mol. The van der Waals surface area contributed by atoms with Gasteiger partial charge >= 0.3 is 0 Å². The summed E-state index contributed by atoms with van der Waals surface area (Å²) in [6.45, 7) is 6.31. The quantitative estimate of drug-likeness (QED) is 0.0787. The van der Waals surface area contributed by atoms with Crippen molar-refractivity contribution in [1.82, 2.24) is 0 Å². The summed E-state index contributed by atoms with van der Waals surface area (Å²) in [5.41, 5.74) is 5.40. The molecule has 216 valence electrons. The lowest BCUT2D eigenvalue weighted by Gasteiger charge is -2.08. The Labute approximate surface area is 247 Å². The lowest BCUT2D eigenvalue weighted by molar-refractivity contribution is -0.104. The Morgan fingerprint density at radius 3 is 1.64 bits per heavy atom. The minimum absolute atomic E-state index is 0.205. The summed E-state index contributed by atoms with van der Waals surface area (Å²) in [4.78, 5) is 9.06. The molecule has 0 aliphatic carbocycles. The molecule has 0 atom stereocenters. The SMILES string of the molecule is C=CC=O.COCCCCCCOc1ccc(-c2ccc(-c3ccc(C#Cc4c(F)cc(C)cc4F)cc3)cc2)cc1. The summed E-state index contributed by atoms with van der Waals surface area (Å²) in [6.07, 6.45) is 6.30. The van der Waals surface area contributed by atoms with Crippen LogP contribution in [0.4, 0.5) is 8.78 Å². The fourth-order valence-electron chi connectivity index (χ4n) is 4.19. The molecule has 0 saturated carbocycles. The van der Waals surface area contributed by atoms with Crippen LogP contribution in [0.1, 0.15) is 42.4 Å². The Morgan fingerprint density at radius 1 is 0.714 bits per heavy atom. The van der Waals surface area contributed by atoms with E-state index in [-0.39, 0.29) is 5.56 Å². The second-order valence-electron chi connectivity index (χ2n) is 9.66. The first-order valence-corrected chi connectivity index (χ1v) is 13.9. The Bertz CT molecular complexity index is 1450. The maximum absolute atomic E-state index is 14.0. The van der Waals surface area contributed by atoms with E-state index >= 15 is 0 Å². The van der Waals surface area contributed by atoms with E-state index in [1.165, 1.54) is 24.6 Å². The number of halogens is 2. The van der Waals surface area contributed by atoms with Crippen LogP contribution in [0.5, 0.6) is 5.75 Å². The Hall–Kier alpha value is -4.53. The highest BCUT2D eigenvalue weighted by atomic mass is 19.1. The van der Waals surface area contributed by atoms with Crippen LogP contribution in [-0.4, -0.2) is 26.6 Å². The highest BCUT2D eigenvalue weighted by Crippen LogP contribution is 2.27. The van der Waals surface area contributed by atoms with Gasteiger partial charge < -0.3 is 9.47 Å². The van der Waals surface area contributed by atoms with Gasteiger partial charge in [0.25, 0.3) is 0 Å². The van der Waals surface area contributed by atoms with Crippen molar-refractivity contribution >= 4 is 6.29 Å². The first-order valence-electron chi connectivity index (χ1n) is 13.9. The standard InChI is InChI=1S/C34H32F2O2.C3H4O/c1-25-23-33(35)32(34(36)24-25)20-9-26-7-10-27(11-8-26)28-12-14-29(15-13-28)30-16-18-31(19-17-30)38-22-6-4-3-5-21-37-2;1-2-3-4/h7-8,10-19,23-24H,3-6,21-22H2,1-2H3;2-3H,1H2. The molecule has 0 saturated heterocycles. The lowest BCUT2D eigenvalue weighted by atomic mass is 9.99. The van der Waals surface area contributed by atoms with E-state index in [0.29, 0.717) is 17.4 Å². The molecule has 0 radical (unpaired) electrons. The second-order valence-corrected chi connectivity index (χ2v) is 9.66. The van der Waals surface area contributed by atoms with Gasteiger partial charge in [0.1, 0.15) is 23.7 Å². The van der Waals surface area contributed by atoms with Gasteiger partial charge in [0.2, 0.25) is 0 Å². The molecule has 0 bridgehead atoms. The number of ether oxygens (including phenoxy) is 2. The summed E-state index contributed by atoms with van der Waals surface area (Å²) in [5.74, 6) is 5.09. The summed E-state index contributed by atoms with van der Waals surface area (Å²) >= 11 is 0. The number of allylic oxidation sites excluding steroid dienone is 1. The van der Waals surface area contributed by atoms with Crippen LogP contribution < -0.4 is 4.74 Å². The molecule has 0 heterocycles. The summed E-state index contributed by atoms with van der Waals surface area (Å²) in [6, 6.07) is 26.8.